The molecule has 1 N–H and O–H groups in total. The van der Waals surface area contributed by atoms with Crippen molar-refractivity contribution in [3.8, 4) is 0 Å². The lowest BCUT2D eigenvalue weighted by molar-refractivity contribution is 0.0916. The van der Waals surface area contributed by atoms with E-state index in [0.717, 1.165) is 16.7 Å². The van der Waals surface area contributed by atoms with Crippen LogP contribution in [0.1, 0.15) is 27.0 Å². The Hall–Kier alpha value is -3.40. The summed E-state index contributed by atoms with van der Waals surface area (Å²) in [6.45, 7) is 2.12. The molecule has 1 atom stereocenters. The normalized spacial score (nSPS) is 11.5. The Morgan fingerprint density at radius 1 is 0.821 bits per heavy atom. The third-order valence-electron chi connectivity index (χ3n) is 4.44. The van der Waals surface area contributed by atoms with Crippen LogP contribution in [-0.2, 0) is 17.8 Å². The van der Waals surface area contributed by atoms with Gasteiger partial charge < -0.3 is 10.1 Å². The van der Waals surface area contributed by atoms with Crippen molar-refractivity contribution in [2.45, 2.75) is 26.0 Å². The number of carbonyl (C=O) groups is 2. The standard InChI is InChI=1S/C24H23NO3/c1-18-12-14-21(15-13-18)23(26)22(16-19-8-4-2-5-9-19)25-24(27)28-17-20-10-6-3-7-11-20/h2-15,22H,16-17H2,1H3,(H,25,27)/t22-/m0/s1. The van der Waals surface area contributed by atoms with E-state index in [1.807, 2.05) is 79.7 Å². The first-order valence-corrected chi connectivity index (χ1v) is 9.24. The molecule has 0 saturated carbocycles. The maximum atomic E-state index is 13.0. The van der Waals surface area contributed by atoms with Gasteiger partial charge in [-0.1, -0.05) is 90.5 Å². The molecule has 0 bridgehead atoms. The monoisotopic (exact) mass is 373 g/mol. The predicted octanol–water partition coefficient (Wildman–Crippen LogP) is 4.72. The Balaban J connectivity index is 1.70. The van der Waals surface area contributed by atoms with Crippen LogP contribution in [0.3, 0.4) is 0 Å². The van der Waals surface area contributed by atoms with Crippen LogP contribution < -0.4 is 5.32 Å². The number of aryl methyl sites for hydroxylation is 1. The summed E-state index contributed by atoms with van der Waals surface area (Å²) in [7, 11) is 0. The smallest absolute Gasteiger partial charge is 0.408 e. The molecule has 0 aliphatic carbocycles. The fourth-order valence-electron chi connectivity index (χ4n) is 2.89. The van der Waals surface area contributed by atoms with Gasteiger partial charge in [-0.3, -0.25) is 4.79 Å². The second kappa shape index (κ2) is 9.51. The summed E-state index contributed by atoms with van der Waals surface area (Å²) in [6.07, 6.45) is -0.209. The summed E-state index contributed by atoms with van der Waals surface area (Å²) in [5, 5.41) is 2.74. The Labute approximate surface area is 165 Å². The van der Waals surface area contributed by atoms with Crippen molar-refractivity contribution < 1.29 is 14.3 Å². The van der Waals surface area contributed by atoms with Gasteiger partial charge in [0, 0.05) is 12.0 Å². The number of Topliss-reactive ketones (excluding diaryl/α,β-unsaturated/α-hetero) is 1. The minimum Gasteiger partial charge on any atom is -0.445 e. The van der Waals surface area contributed by atoms with Crippen LogP contribution >= 0.6 is 0 Å². The van der Waals surface area contributed by atoms with Crippen molar-refractivity contribution in [3.63, 3.8) is 0 Å². The molecule has 0 saturated heterocycles. The van der Waals surface area contributed by atoms with Gasteiger partial charge in [0.2, 0.25) is 0 Å². The van der Waals surface area contributed by atoms with E-state index in [1.165, 1.54) is 0 Å². The van der Waals surface area contributed by atoms with Crippen molar-refractivity contribution in [3.05, 3.63) is 107 Å². The molecular formula is C24H23NO3. The average molecular weight is 373 g/mol. The topological polar surface area (TPSA) is 55.4 Å². The predicted molar refractivity (Wildman–Crippen MR) is 109 cm³/mol. The quantitative estimate of drug-likeness (QED) is 0.610. The number of benzene rings is 3. The summed E-state index contributed by atoms with van der Waals surface area (Å²) in [5.74, 6) is -0.138. The van der Waals surface area contributed by atoms with E-state index >= 15 is 0 Å². The van der Waals surface area contributed by atoms with E-state index in [1.54, 1.807) is 12.1 Å². The third kappa shape index (κ3) is 5.55. The highest BCUT2D eigenvalue weighted by Gasteiger charge is 2.23. The first kappa shape index (κ1) is 19.4. The molecular weight excluding hydrogens is 350 g/mol. The largest absolute Gasteiger partial charge is 0.445 e. The zero-order chi connectivity index (χ0) is 19.8. The van der Waals surface area contributed by atoms with E-state index in [-0.39, 0.29) is 12.4 Å². The number of rotatable bonds is 7. The molecule has 0 aliphatic heterocycles. The Morgan fingerprint density at radius 3 is 2.00 bits per heavy atom. The molecule has 0 aromatic heterocycles. The lowest BCUT2D eigenvalue weighted by atomic mass is 9.97. The fourth-order valence-corrected chi connectivity index (χ4v) is 2.89. The van der Waals surface area contributed by atoms with Crippen LogP contribution in [0.2, 0.25) is 0 Å². The van der Waals surface area contributed by atoms with E-state index < -0.39 is 12.1 Å². The van der Waals surface area contributed by atoms with Crippen molar-refractivity contribution in [2.75, 3.05) is 0 Å². The zero-order valence-electron chi connectivity index (χ0n) is 15.8. The second-order valence-electron chi connectivity index (χ2n) is 6.68. The highest BCUT2D eigenvalue weighted by molar-refractivity contribution is 6.01. The van der Waals surface area contributed by atoms with Crippen LogP contribution in [-0.4, -0.2) is 17.9 Å². The van der Waals surface area contributed by atoms with Crippen LogP contribution in [0.5, 0.6) is 0 Å². The summed E-state index contributed by atoms with van der Waals surface area (Å²) in [5.41, 5.74) is 3.50. The van der Waals surface area contributed by atoms with Gasteiger partial charge in [-0.2, -0.15) is 0 Å². The van der Waals surface area contributed by atoms with E-state index in [0.29, 0.717) is 12.0 Å². The summed E-state index contributed by atoms with van der Waals surface area (Å²) in [4.78, 5) is 25.3. The number of amides is 1. The van der Waals surface area contributed by atoms with Crippen molar-refractivity contribution in [1.82, 2.24) is 5.32 Å². The van der Waals surface area contributed by atoms with Crippen molar-refractivity contribution in [1.29, 1.82) is 0 Å². The highest BCUT2D eigenvalue weighted by atomic mass is 16.5. The SMILES string of the molecule is Cc1ccc(C(=O)[C@H](Cc2ccccc2)NC(=O)OCc2ccccc2)cc1. The Bertz CT molecular complexity index is 906. The molecule has 1 amide bonds. The number of hydrogen-bond acceptors (Lipinski definition) is 3. The lowest BCUT2D eigenvalue weighted by Gasteiger charge is -2.18. The van der Waals surface area contributed by atoms with E-state index in [2.05, 4.69) is 5.32 Å². The summed E-state index contributed by atoms with van der Waals surface area (Å²) < 4.78 is 5.30. The Kier molecular flexibility index (Phi) is 6.58. The molecule has 3 aromatic rings. The number of ketones is 1. The van der Waals surface area contributed by atoms with Gasteiger partial charge in [-0.05, 0) is 18.1 Å². The minimum absolute atomic E-state index is 0.138. The molecule has 0 fully saturated rings. The minimum atomic E-state index is -0.701. The van der Waals surface area contributed by atoms with Gasteiger partial charge in [0.15, 0.2) is 5.78 Å². The van der Waals surface area contributed by atoms with Gasteiger partial charge in [0.1, 0.15) is 6.61 Å². The van der Waals surface area contributed by atoms with Crippen LogP contribution in [0.25, 0.3) is 0 Å². The zero-order valence-corrected chi connectivity index (χ0v) is 15.8. The van der Waals surface area contributed by atoms with Gasteiger partial charge >= 0.3 is 6.09 Å². The molecule has 0 unspecified atom stereocenters. The molecule has 0 aliphatic rings. The first-order chi connectivity index (χ1) is 13.6. The van der Waals surface area contributed by atoms with Gasteiger partial charge in [0.25, 0.3) is 0 Å². The van der Waals surface area contributed by atoms with Gasteiger partial charge in [-0.15, -0.1) is 0 Å². The molecule has 4 nitrogen and oxygen atoms in total. The molecule has 0 radical (unpaired) electrons. The molecule has 3 rings (SSSR count). The molecule has 28 heavy (non-hydrogen) atoms. The van der Waals surface area contributed by atoms with Gasteiger partial charge in [0.05, 0.1) is 6.04 Å². The molecule has 142 valence electrons. The average Bonchev–Trinajstić information content (AvgIpc) is 2.73. The maximum Gasteiger partial charge on any atom is 0.408 e. The highest BCUT2D eigenvalue weighted by Crippen LogP contribution is 2.12. The maximum absolute atomic E-state index is 13.0. The summed E-state index contributed by atoms with van der Waals surface area (Å²) in [6, 6.07) is 25.7. The van der Waals surface area contributed by atoms with Gasteiger partial charge in [-0.25, -0.2) is 4.79 Å². The number of nitrogens with one attached hydrogen (secondary N) is 1. The number of alkyl carbamates (subject to hydrolysis) is 1. The molecule has 4 heteroatoms. The third-order valence-corrected chi connectivity index (χ3v) is 4.44. The lowest BCUT2D eigenvalue weighted by Crippen LogP contribution is -2.42. The van der Waals surface area contributed by atoms with Crippen molar-refractivity contribution >= 4 is 11.9 Å². The molecule has 0 spiro atoms. The molecule has 0 heterocycles. The Morgan fingerprint density at radius 2 is 1.39 bits per heavy atom. The molecule has 3 aromatic carbocycles. The van der Waals surface area contributed by atoms with E-state index in [9.17, 15) is 9.59 Å². The fraction of sp³-hybridized carbons (Fsp3) is 0.167. The first-order valence-electron chi connectivity index (χ1n) is 9.24. The van der Waals surface area contributed by atoms with Crippen molar-refractivity contribution in [2.24, 2.45) is 0 Å². The number of ether oxygens (including phenoxy) is 1. The van der Waals surface area contributed by atoms with Crippen LogP contribution in [0.4, 0.5) is 4.79 Å². The number of hydrogen-bond donors (Lipinski definition) is 1. The van der Waals surface area contributed by atoms with E-state index in [4.69, 9.17) is 4.74 Å². The number of carbonyl (C=O) groups excluding carboxylic acids is 2. The van der Waals surface area contributed by atoms with Crippen LogP contribution in [0, 0.1) is 6.92 Å². The second-order valence-corrected chi connectivity index (χ2v) is 6.68. The van der Waals surface area contributed by atoms with Crippen LogP contribution in [0.15, 0.2) is 84.9 Å². The summed E-state index contributed by atoms with van der Waals surface area (Å²) >= 11 is 0.